The van der Waals surface area contributed by atoms with Crippen LogP contribution < -0.4 is 5.32 Å². The number of carboxylic acids is 1. The minimum Gasteiger partial charge on any atom is -0.480 e. The van der Waals surface area contributed by atoms with E-state index in [0.29, 0.717) is 5.56 Å². The standard InChI is InChI=1S/C15H19F2NO3/c1-3-15(4-2,14(20)21)18-13(19)8-6-10-5-7-11(16)12(17)9-10/h5,7,9H,3-4,6,8H2,1-2H3,(H,18,19)(H,20,21). The summed E-state index contributed by atoms with van der Waals surface area (Å²) >= 11 is 0. The molecule has 1 aromatic rings. The van der Waals surface area contributed by atoms with Gasteiger partial charge in [0.05, 0.1) is 0 Å². The Kier molecular flexibility index (Phi) is 5.81. The highest BCUT2D eigenvalue weighted by Crippen LogP contribution is 2.16. The van der Waals surface area contributed by atoms with E-state index in [-0.39, 0.29) is 25.7 Å². The van der Waals surface area contributed by atoms with E-state index < -0.39 is 29.0 Å². The number of aliphatic carboxylic acids is 1. The van der Waals surface area contributed by atoms with Gasteiger partial charge in [0.2, 0.25) is 5.91 Å². The predicted molar refractivity (Wildman–Crippen MR) is 73.8 cm³/mol. The molecule has 2 N–H and O–H groups in total. The quantitative estimate of drug-likeness (QED) is 0.813. The predicted octanol–water partition coefficient (Wildman–Crippen LogP) is 2.66. The first-order chi connectivity index (χ1) is 9.84. The normalized spacial score (nSPS) is 11.2. The SMILES string of the molecule is CCC(CC)(NC(=O)CCc1ccc(F)c(F)c1)C(=O)O. The van der Waals surface area contributed by atoms with Crippen LogP contribution in [0, 0.1) is 11.6 Å². The van der Waals surface area contributed by atoms with E-state index in [1.165, 1.54) is 6.07 Å². The van der Waals surface area contributed by atoms with E-state index in [1.807, 2.05) is 0 Å². The summed E-state index contributed by atoms with van der Waals surface area (Å²) < 4.78 is 25.8. The van der Waals surface area contributed by atoms with Gasteiger partial charge in [-0.1, -0.05) is 19.9 Å². The number of halogens is 2. The average molecular weight is 299 g/mol. The first-order valence-electron chi connectivity index (χ1n) is 6.83. The summed E-state index contributed by atoms with van der Waals surface area (Å²) in [4.78, 5) is 23.1. The zero-order valence-corrected chi connectivity index (χ0v) is 12.1. The van der Waals surface area contributed by atoms with E-state index >= 15 is 0 Å². The minimum atomic E-state index is -1.27. The molecule has 1 rings (SSSR count). The highest BCUT2D eigenvalue weighted by atomic mass is 19.2. The molecule has 0 unspecified atom stereocenters. The summed E-state index contributed by atoms with van der Waals surface area (Å²) in [6.07, 6.45) is 0.776. The van der Waals surface area contributed by atoms with Crippen molar-refractivity contribution >= 4 is 11.9 Å². The molecule has 0 aliphatic rings. The van der Waals surface area contributed by atoms with Crippen LogP contribution >= 0.6 is 0 Å². The Bertz CT molecular complexity index is 528. The highest BCUT2D eigenvalue weighted by molar-refractivity contribution is 5.87. The molecule has 0 heterocycles. The second-order valence-corrected chi connectivity index (χ2v) is 4.89. The lowest BCUT2D eigenvalue weighted by Crippen LogP contribution is -2.53. The molecule has 0 spiro atoms. The van der Waals surface area contributed by atoms with E-state index in [1.54, 1.807) is 13.8 Å². The van der Waals surface area contributed by atoms with Crippen molar-refractivity contribution in [1.29, 1.82) is 0 Å². The van der Waals surface area contributed by atoms with Crippen LogP contribution in [-0.2, 0) is 16.0 Å². The molecule has 0 radical (unpaired) electrons. The molecule has 0 atom stereocenters. The van der Waals surface area contributed by atoms with Crippen molar-refractivity contribution in [3.8, 4) is 0 Å². The summed E-state index contributed by atoms with van der Waals surface area (Å²) in [7, 11) is 0. The zero-order chi connectivity index (χ0) is 16.0. The van der Waals surface area contributed by atoms with Gasteiger partial charge in [0.1, 0.15) is 5.54 Å². The fourth-order valence-electron chi connectivity index (χ4n) is 2.07. The molecule has 21 heavy (non-hydrogen) atoms. The van der Waals surface area contributed by atoms with Crippen molar-refractivity contribution in [2.75, 3.05) is 0 Å². The van der Waals surface area contributed by atoms with Gasteiger partial charge in [0.25, 0.3) is 0 Å². The van der Waals surface area contributed by atoms with Gasteiger partial charge in [-0.05, 0) is 37.0 Å². The second kappa shape index (κ2) is 7.15. The molecule has 0 saturated carbocycles. The number of hydrogen-bond donors (Lipinski definition) is 2. The van der Waals surface area contributed by atoms with Crippen LogP contribution in [-0.4, -0.2) is 22.5 Å². The number of carbonyl (C=O) groups is 2. The average Bonchev–Trinajstić information content (AvgIpc) is 2.45. The van der Waals surface area contributed by atoms with E-state index in [4.69, 9.17) is 0 Å². The zero-order valence-electron chi connectivity index (χ0n) is 12.1. The third kappa shape index (κ3) is 4.24. The van der Waals surface area contributed by atoms with Gasteiger partial charge in [0, 0.05) is 6.42 Å². The molecular formula is C15H19F2NO3. The molecule has 0 saturated heterocycles. The fraction of sp³-hybridized carbons (Fsp3) is 0.467. The minimum absolute atomic E-state index is 0.0140. The van der Waals surface area contributed by atoms with Crippen molar-refractivity contribution in [3.63, 3.8) is 0 Å². The number of aryl methyl sites for hydroxylation is 1. The number of carbonyl (C=O) groups excluding carboxylic acids is 1. The Balaban J connectivity index is 2.65. The lowest BCUT2D eigenvalue weighted by molar-refractivity contribution is -0.148. The van der Waals surface area contributed by atoms with Gasteiger partial charge >= 0.3 is 5.97 Å². The van der Waals surface area contributed by atoms with Crippen LogP contribution in [0.1, 0.15) is 38.7 Å². The first-order valence-corrected chi connectivity index (χ1v) is 6.83. The molecule has 0 aliphatic heterocycles. The number of benzene rings is 1. The molecule has 0 bridgehead atoms. The fourth-order valence-corrected chi connectivity index (χ4v) is 2.07. The Labute approximate surface area is 122 Å². The summed E-state index contributed by atoms with van der Waals surface area (Å²) in [5.41, 5.74) is -0.788. The number of amides is 1. The maximum absolute atomic E-state index is 13.0. The van der Waals surface area contributed by atoms with Crippen LogP contribution in [0.3, 0.4) is 0 Å². The Morgan fingerprint density at radius 2 is 1.81 bits per heavy atom. The Morgan fingerprint density at radius 3 is 2.29 bits per heavy atom. The Morgan fingerprint density at radius 1 is 1.19 bits per heavy atom. The first kappa shape index (κ1) is 17.1. The molecule has 116 valence electrons. The monoisotopic (exact) mass is 299 g/mol. The van der Waals surface area contributed by atoms with Crippen LogP contribution in [0.5, 0.6) is 0 Å². The molecule has 6 heteroatoms. The summed E-state index contributed by atoms with van der Waals surface area (Å²) in [5, 5.41) is 11.7. The van der Waals surface area contributed by atoms with Crippen molar-refractivity contribution in [2.24, 2.45) is 0 Å². The largest absolute Gasteiger partial charge is 0.480 e. The summed E-state index contributed by atoms with van der Waals surface area (Å²) in [6.45, 7) is 3.38. The number of rotatable bonds is 7. The van der Waals surface area contributed by atoms with Crippen molar-refractivity contribution in [1.82, 2.24) is 5.32 Å². The molecule has 4 nitrogen and oxygen atoms in total. The third-order valence-corrected chi connectivity index (χ3v) is 3.62. The topological polar surface area (TPSA) is 66.4 Å². The maximum atomic E-state index is 13.0. The van der Waals surface area contributed by atoms with E-state index in [9.17, 15) is 23.5 Å². The van der Waals surface area contributed by atoms with E-state index in [0.717, 1.165) is 12.1 Å². The van der Waals surface area contributed by atoms with Gasteiger partial charge in [-0.25, -0.2) is 13.6 Å². The third-order valence-electron chi connectivity index (χ3n) is 3.62. The van der Waals surface area contributed by atoms with Crippen LogP contribution in [0.2, 0.25) is 0 Å². The molecule has 0 aromatic heterocycles. The Hall–Kier alpha value is -1.98. The van der Waals surface area contributed by atoms with E-state index in [2.05, 4.69) is 5.32 Å². The number of hydrogen-bond acceptors (Lipinski definition) is 2. The molecule has 1 amide bonds. The summed E-state index contributed by atoms with van der Waals surface area (Å²) in [6, 6.07) is 3.44. The highest BCUT2D eigenvalue weighted by Gasteiger charge is 2.36. The lowest BCUT2D eigenvalue weighted by Gasteiger charge is -2.28. The summed E-state index contributed by atoms with van der Waals surface area (Å²) in [5.74, 6) is -3.40. The second-order valence-electron chi connectivity index (χ2n) is 4.89. The molecule has 1 aromatic carbocycles. The van der Waals surface area contributed by atoms with Crippen molar-refractivity contribution < 1.29 is 23.5 Å². The molecule has 0 fully saturated rings. The number of nitrogens with one attached hydrogen (secondary N) is 1. The van der Waals surface area contributed by atoms with Gasteiger partial charge in [0.15, 0.2) is 11.6 Å². The van der Waals surface area contributed by atoms with Crippen molar-refractivity contribution in [3.05, 3.63) is 35.4 Å². The van der Waals surface area contributed by atoms with Crippen LogP contribution in [0.15, 0.2) is 18.2 Å². The number of carboxylic acid groups (broad SMARTS) is 1. The van der Waals surface area contributed by atoms with Gasteiger partial charge in [-0.2, -0.15) is 0 Å². The van der Waals surface area contributed by atoms with Gasteiger partial charge in [-0.15, -0.1) is 0 Å². The maximum Gasteiger partial charge on any atom is 0.329 e. The van der Waals surface area contributed by atoms with Crippen LogP contribution in [0.25, 0.3) is 0 Å². The van der Waals surface area contributed by atoms with Crippen LogP contribution in [0.4, 0.5) is 8.78 Å². The van der Waals surface area contributed by atoms with Gasteiger partial charge in [-0.3, -0.25) is 4.79 Å². The lowest BCUT2D eigenvalue weighted by atomic mass is 9.92. The van der Waals surface area contributed by atoms with Gasteiger partial charge < -0.3 is 10.4 Å². The smallest absolute Gasteiger partial charge is 0.329 e. The molecular weight excluding hydrogens is 280 g/mol. The van der Waals surface area contributed by atoms with Crippen molar-refractivity contribution in [2.45, 2.75) is 45.1 Å². The molecule has 0 aliphatic carbocycles.